The molecule has 88 valence electrons. The fourth-order valence-corrected chi connectivity index (χ4v) is 1.53. The van der Waals surface area contributed by atoms with Gasteiger partial charge in [-0.15, -0.1) is 5.10 Å². The molecule has 1 aromatic carbocycles. The predicted octanol–water partition coefficient (Wildman–Crippen LogP) is 1.60. The summed E-state index contributed by atoms with van der Waals surface area (Å²) in [6.07, 6.45) is 2.02. The van der Waals surface area contributed by atoms with E-state index in [2.05, 4.69) is 10.3 Å². The highest BCUT2D eigenvalue weighted by molar-refractivity contribution is 5.77. The van der Waals surface area contributed by atoms with Gasteiger partial charge in [0.05, 0.1) is 18.7 Å². The Morgan fingerprint density at radius 1 is 1.35 bits per heavy atom. The van der Waals surface area contributed by atoms with Crippen LogP contribution in [-0.4, -0.2) is 20.8 Å². The molecular weight excluding hydrogens is 221 g/mol. The number of nitrogens with zero attached hydrogens (tertiary/aromatic N) is 3. The Kier molecular flexibility index (Phi) is 3.27. The third-order valence-electron chi connectivity index (χ3n) is 2.27. The molecule has 4 nitrogen and oxygen atoms in total. The highest BCUT2D eigenvalue weighted by Crippen LogP contribution is 2.05. The number of rotatable bonds is 4. The number of carbonyl (C=O) groups is 1. The maximum atomic E-state index is 12.7. The van der Waals surface area contributed by atoms with E-state index < -0.39 is 0 Å². The van der Waals surface area contributed by atoms with Gasteiger partial charge in [-0.05, 0) is 24.6 Å². The number of aromatic nitrogens is 3. The van der Waals surface area contributed by atoms with Crippen molar-refractivity contribution in [2.24, 2.45) is 0 Å². The summed E-state index contributed by atoms with van der Waals surface area (Å²) < 4.78 is 14.3. The van der Waals surface area contributed by atoms with Crippen LogP contribution in [0, 0.1) is 5.82 Å². The summed E-state index contributed by atoms with van der Waals surface area (Å²) in [6.45, 7) is 2.03. The van der Waals surface area contributed by atoms with Crippen molar-refractivity contribution in [3.63, 3.8) is 0 Å². The highest BCUT2D eigenvalue weighted by Gasteiger charge is 2.04. The van der Waals surface area contributed by atoms with E-state index in [1.165, 1.54) is 19.1 Å². The molecule has 2 aromatic rings. The standard InChI is InChI=1S/C12H12FN3O/c1-9(17)6-12-8-16(15-14-12)7-10-2-4-11(13)5-3-10/h2-5,8H,6-7H2,1H3. The van der Waals surface area contributed by atoms with E-state index in [4.69, 9.17) is 0 Å². The molecule has 0 fully saturated rings. The Hall–Kier alpha value is -2.04. The largest absolute Gasteiger partial charge is 0.300 e. The maximum Gasteiger partial charge on any atom is 0.135 e. The summed E-state index contributed by atoms with van der Waals surface area (Å²) in [4.78, 5) is 10.9. The van der Waals surface area contributed by atoms with Crippen molar-refractivity contribution in [3.8, 4) is 0 Å². The molecule has 5 heteroatoms. The van der Waals surface area contributed by atoms with Gasteiger partial charge in [-0.2, -0.15) is 0 Å². The van der Waals surface area contributed by atoms with Crippen molar-refractivity contribution in [1.29, 1.82) is 0 Å². The highest BCUT2D eigenvalue weighted by atomic mass is 19.1. The van der Waals surface area contributed by atoms with Crippen molar-refractivity contribution in [2.45, 2.75) is 19.9 Å². The van der Waals surface area contributed by atoms with E-state index in [1.807, 2.05) is 0 Å². The first-order valence-electron chi connectivity index (χ1n) is 5.26. The molecule has 0 spiro atoms. The Balaban J connectivity index is 2.06. The van der Waals surface area contributed by atoms with Crippen LogP contribution in [0.15, 0.2) is 30.5 Å². The van der Waals surface area contributed by atoms with Crippen molar-refractivity contribution < 1.29 is 9.18 Å². The first kappa shape index (κ1) is 11.4. The Morgan fingerprint density at radius 2 is 2.06 bits per heavy atom. The van der Waals surface area contributed by atoms with Gasteiger partial charge >= 0.3 is 0 Å². The molecule has 0 bridgehead atoms. The second kappa shape index (κ2) is 4.86. The van der Waals surface area contributed by atoms with Crippen LogP contribution in [0.4, 0.5) is 4.39 Å². The Morgan fingerprint density at radius 3 is 2.71 bits per heavy atom. The summed E-state index contributed by atoms with van der Waals surface area (Å²) in [7, 11) is 0. The minimum Gasteiger partial charge on any atom is -0.300 e. The summed E-state index contributed by atoms with van der Waals surface area (Å²) in [5.41, 5.74) is 1.59. The molecule has 0 atom stereocenters. The number of benzene rings is 1. The van der Waals surface area contributed by atoms with Crippen molar-refractivity contribution in [1.82, 2.24) is 15.0 Å². The van der Waals surface area contributed by atoms with Gasteiger partial charge < -0.3 is 0 Å². The summed E-state index contributed by atoms with van der Waals surface area (Å²) in [5, 5.41) is 7.80. The number of ketones is 1. The lowest BCUT2D eigenvalue weighted by molar-refractivity contribution is -0.116. The van der Waals surface area contributed by atoms with Crippen LogP contribution in [0.5, 0.6) is 0 Å². The second-order valence-corrected chi connectivity index (χ2v) is 3.91. The van der Waals surface area contributed by atoms with Gasteiger partial charge in [0.25, 0.3) is 0 Å². The van der Waals surface area contributed by atoms with Crippen LogP contribution >= 0.6 is 0 Å². The Labute approximate surface area is 98.1 Å². The van der Waals surface area contributed by atoms with E-state index in [0.29, 0.717) is 18.7 Å². The molecule has 17 heavy (non-hydrogen) atoms. The van der Waals surface area contributed by atoms with E-state index >= 15 is 0 Å². The SMILES string of the molecule is CC(=O)Cc1cn(Cc2ccc(F)cc2)nn1. The summed E-state index contributed by atoms with van der Waals surface area (Å²) in [6, 6.07) is 6.20. The molecule has 1 aromatic heterocycles. The molecule has 0 aliphatic carbocycles. The summed E-state index contributed by atoms with van der Waals surface area (Å²) >= 11 is 0. The molecule has 0 unspecified atom stereocenters. The van der Waals surface area contributed by atoms with Crippen LogP contribution < -0.4 is 0 Å². The van der Waals surface area contributed by atoms with Crippen LogP contribution in [0.3, 0.4) is 0 Å². The molecule has 0 N–H and O–H groups in total. The minimum atomic E-state index is -0.260. The van der Waals surface area contributed by atoms with E-state index in [-0.39, 0.29) is 11.6 Å². The number of Topliss-reactive ketones (excluding diaryl/α,β-unsaturated/α-hetero) is 1. The van der Waals surface area contributed by atoms with Gasteiger partial charge in [-0.3, -0.25) is 4.79 Å². The van der Waals surface area contributed by atoms with Gasteiger partial charge in [0.1, 0.15) is 11.6 Å². The molecule has 0 radical (unpaired) electrons. The topological polar surface area (TPSA) is 47.8 Å². The lowest BCUT2D eigenvalue weighted by atomic mass is 10.2. The number of carbonyl (C=O) groups excluding carboxylic acids is 1. The average molecular weight is 233 g/mol. The number of halogens is 1. The zero-order valence-corrected chi connectivity index (χ0v) is 9.43. The van der Waals surface area contributed by atoms with Crippen molar-refractivity contribution in [2.75, 3.05) is 0 Å². The zero-order valence-electron chi connectivity index (χ0n) is 9.43. The molecule has 0 amide bonds. The van der Waals surface area contributed by atoms with Gasteiger partial charge in [-0.25, -0.2) is 9.07 Å². The number of hydrogen-bond acceptors (Lipinski definition) is 3. The molecule has 0 aliphatic heterocycles. The minimum absolute atomic E-state index is 0.0545. The lowest BCUT2D eigenvalue weighted by Gasteiger charge is -1.99. The molecule has 0 aliphatic rings. The zero-order chi connectivity index (χ0) is 12.3. The smallest absolute Gasteiger partial charge is 0.135 e. The normalized spacial score (nSPS) is 10.5. The van der Waals surface area contributed by atoms with Crippen molar-refractivity contribution in [3.05, 3.63) is 47.5 Å². The first-order valence-corrected chi connectivity index (χ1v) is 5.26. The third kappa shape index (κ3) is 3.21. The number of hydrogen-bond donors (Lipinski definition) is 0. The van der Waals surface area contributed by atoms with Gasteiger partial charge in [0, 0.05) is 6.20 Å². The molecule has 1 heterocycles. The van der Waals surface area contributed by atoms with E-state index in [0.717, 1.165) is 5.56 Å². The quantitative estimate of drug-likeness (QED) is 0.805. The molecule has 2 rings (SSSR count). The predicted molar refractivity (Wildman–Crippen MR) is 59.9 cm³/mol. The Bertz CT molecular complexity index is 519. The van der Waals surface area contributed by atoms with Gasteiger partial charge in [0.15, 0.2) is 0 Å². The fourth-order valence-electron chi connectivity index (χ4n) is 1.53. The first-order chi connectivity index (χ1) is 8.13. The van der Waals surface area contributed by atoms with Crippen molar-refractivity contribution >= 4 is 5.78 Å². The fraction of sp³-hybridized carbons (Fsp3) is 0.250. The maximum absolute atomic E-state index is 12.7. The monoisotopic (exact) mass is 233 g/mol. The molecule has 0 saturated carbocycles. The molecule has 0 saturated heterocycles. The second-order valence-electron chi connectivity index (χ2n) is 3.91. The van der Waals surface area contributed by atoms with Gasteiger partial charge in [0.2, 0.25) is 0 Å². The van der Waals surface area contributed by atoms with E-state index in [1.54, 1.807) is 23.0 Å². The summed E-state index contributed by atoms with van der Waals surface area (Å²) in [5.74, 6) is -0.205. The van der Waals surface area contributed by atoms with Crippen LogP contribution in [0.2, 0.25) is 0 Å². The molecular formula is C12H12FN3O. The third-order valence-corrected chi connectivity index (χ3v) is 2.27. The van der Waals surface area contributed by atoms with E-state index in [9.17, 15) is 9.18 Å². The lowest BCUT2D eigenvalue weighted by Crippen LogP contribution is -2.00. The van der Waals surface area contributed by atoms with Crippen LogP contribution in [-0.2, 0) is 17.8 Å². The average Bonchev–Trinajstić information content (AvgIpc) is 2.68. The van der Waals surface area contributed by atoms with Gasteiger partial charge in [-0.1, -0.05) is 17.3 Å². The van der Waals surface area contributed by atoms with Crippen LogP contribution in [0.1, 0.15) is 18.2 Å². The van der Waals surface area contributed by atoms with Crippen LogP contribution in [0.25, 0.3) is 0 Å².